The molecule has 26 heavy (non-hydrogen) atoms. The Morgan fingerprint density at radius 3 is 2.27 bits per heavy atom. The molecule has 3 unspecified atom stereocenters. The van der Waals surface area contributed by atoms with Crippen LogP contribution in [0.5, 0.6) is 0 Å². The highest BCUT2D eigenvalue weighted by Gasteiger charge is 2.62. The van der Waals surface area contributed by atoms with Gasteiger partial charge < -0.3 is 9.47 Å². The summed E-state index contributed by atoms with van der Waals surface area (Å²) in [7, 11) is 0. The van der Waals surface area contributed by atoms with Crippen molar-refractivity contribution in [3.63, 3.8) is 0 Å². The largest absolute Gasteiger partial charge is 0.338 e. The summed E-state index contributed by atoms with van der Waals surface area (Å²) in [5.74, 6) is 2.07. The summed E-state index contributed by atoms with van der Waals surface area (Å²) in [6, 6.07) is 21.2. The van der Waals surface area contributed by atoms with Crippen LogP contribution in [0.25, 0.3) is 0 Å². The minimum Gasteiger partial charge on any atom is -0.338 e. The van der Waals surface area contributed by atoms with Crippen LogP contribution in [0, 0.1) is 5.92 Å². The molecule has 0 N–H and O–H groups in total. The molecule has 2 bridgehead atoms. The fraction of sp³-hybridized carbons (Fsp3) is 0.478. The van der Waals surface area contributed by atoms with Crippen molar-refractivity contribution in [1.82, 2.24) is 0 Å². The molecule has 4 rings (SSSR count). The lowest BCUT2D eigenvalue weighted by Gasteiger charge is -2.42. The van der Waals surface area contributed by atoms with Gasteiger partial charge in [-0.05, 0) is 30.1 Å². The van der Waals surface area contributed by atoms with Crippen LogP contribution in [0.15, 0.2) is 60.7 Å². The third kappa shape index (κ3) is 3.11. The molecule has 4 atom stereocenters. The molecule has 2 fully saturated rings. The second kappa shape index (κ2) is 7.38. The normalized spacial score (nSPS) is 33.3. The molecular weight excluding hydrogens is 340 g/mol. The van der Waals surface area contributed by atoms with E-state index in [-0.39, 0.29) is 11.7 Å². The maximum atomic E-state index is 6.92. The van der Waals surface area contributed by atoms with Crippen LogP contribution in [0.1, 0.15) is 44.2 Å². The highest BCUT2D eigenvalue weighted by molar-refractivity contribution is 7.99. The van der Waals surface area contributed by atoms with Gasteiger partial charge in [0.15, 0.2) is 5.79 Å². The number of ether oxygens (including phenoxy) is 2. The molecule has 138 valence electrons. The minimum atomic E-state index is -0.619. The summed E-state index contributed by atoms with van der Waals surface area (Å²) in [6.45, 7) is 4.57. The zero-order valence-corrected chi connectivity index (χ0v) is 16.5. The van der Waals surface area contributed by atoms with E-state index in [1.165, 1.54) is 17.7 Å². The van der Waals surface area contributed by atoms with Gasteiger partial charge in [-0.3, -0.25) is 0 Å². The van der Waals surface area contributed by atoms with Crippen LogP contribution in [-0.4, -0.2) is 17.6 Å². The summed E-state index contributed by atoms with van der Waals surface area (Å²) in [5, 5.41) is 0. The standard InChI is InChI=1S/C23H28O2S/c1-3-14-26-17-21-22(19-10-6-4-7-11-19)15-18(2)16-23(24-21,25-22)20-12-8-5-9-13-20/h4-13,18,21H,3,14-17H2,1-2H3/t18-,21?,22?,23?/m1/s1. The first-order valence-corrected chi connectivity index (χ1v) is 10.9. The number of thioether (sulfide) groups is 1. The van der Waals surface area contributed by atoms with E-state index >= 15 is 0 Å². The molecule has 2 aromatic carbocycles. The summed E-state index contributed by atoms with van der Waals surface area (Å²) >= 11 is 1.98. The van der Waals surface area contributed by atoms with Crippen molar-refractivity contribution in [3.8, 4) is 0 Å². The van der Waals surface area contributed by atoms with Crippen LogP contribution in [0.2, 0.25) is 0 Å². The fourth-order valence-electron chi connectivity index (χ4n) is 4.54. The van der Waals surface area contributed by atoms with Crippen molar-refractivity contribution in [2.45, 2.75) is 50.6 Å². The van der Waals surface area contributed by atoms with E-state index in [9.17, 15) is 0 Å². The van der Waals surface area contributed by atoms with Crippen LogP contribution >= 0.6 is 11.8 Å². The Bertz CT molecular complexity index is 720. The topological polar surface area (TPSA) is 18.5 Å². The molecule has 3 heteroatoms. The molecule has 0 amide bonds. The van der Waals surface area contributed by atoms with Crippen molar-refractivity contribution in [2.75, 3.05) is 11.5 Å². The zero-order chi connectivity index (χ0) is 18.0. The lowest BCUT2D eigenvalue weighted by molar-refractivity contribution is -0.236. The lowest BCUT2D eigenvalue weighted by Crippen LogP contribution is -2.44. The van der Waals surface area contributed by atoms with E-state index in [1.54, 1.807) is 0 Å². The molecule has 0 radical (unpaired) electrons. The lowest BCUT2D eigenvalue weighted by atomic mass is 9.77. The Hall–Kier alpha value is -1.29. The summed E-state index contributed by atoms with van der Waals surface area (Å²) < 4.78 is 13.7. The first-order chi connectivity index (χ1) is 12.7. The highest BCUT2D eigenvalue weighted by atomic mass is 32.2. The molecular formula is C23H28O2S. The molecule has 0 aromatic heterocycles. The first-order valence-electron chi connectivity index (χ1n) is 9.75. The van der Waals surface area contributed by atoms with Gasteiger partial charge >= 0.3 is 0 Å². The van der Waals surface area contributed by atoms with E-state index in [2.05, 4.69) is 74.5 Å². The Morgan fingerprint density at radius 2 is 1.62 bits per heavy atom. The third-order valence-corrected chi connectivity index (χ3v) is 6.80. The molecule has 2 aliphatic rings. The zero-order valence-electron chi connectivity index (χ0n) is 15.7. The monoisotopic (exact) mass is 368 g/mol. The number of hydrogen-bond acceptors (Lipinski definition) is 3. The highest BCUT2D eigenvalue weighted by Crippen LogP contribution is 2.58. The van der Waals surface area contributed by atoms with Crippen molar-refractivity contribution in [1.29, 1.82) is 0 Å². The van der Waals surface area contributed by atoms with Crippen LogP contribution in [-0.2, 0) is 20.9 Å². The van der Waals surface area contributed by atoms with Crippen molar-refractivity contribution in [3.05, 3.63) is 71.8 Å². The Morgan fingerprint density at radius 1 is 0.962 bits per heavy atom. The van der Waals surface area contributed by atoms with Gasteiger partial charge in [0.2, 0.25) is 0 Å². The van der Waals surface area contributed by atoms with Gasteiger partial charge in [0.1, 0.15) is 11.7 Å². The van der Waals surface area contributed by atoms with Gasteiger partial charge in [-0.2, -0.15) is 11.8 Å². The maximum Gasteiger partial charge on any atom is 0.196 e. The van der Waals surface area contributed by atoms with Gasteiger partial charge in [-0.15, -0.1) is 0 Å². The number of rotatable bonds is 6. The molecule has 0 saturated carbocycles. The van der Waals surface area contributed by atoms with Gasteiger partial charge in [0, 0.05) is 17.7 Å². The summed E-state index contributed by atoms with van der Waals surface area (Å²) in [5.41, 5.74) is 2.05. The smallest absolute Gasteiger partial charge is 0.196 e. The Labute approximate surface area is 161 Å². The van der Waals surface area contributed by atoms with E-state index in [0.29, 0.717) is 5.92 Å². The Kier molecular flexibility index (Phi) is 5.13. The number of fused-ring (bicyclic) bond motifs is 2. The first kappa shape index (κ1) is 18.1. The average molecular weight is 369 g/mol. The third-order valence-electron chi connectivity index (χ3n) is 5.56. The van der Waals surface area contributed by atoms with Crippen LogP contribution in [0.4, 0.5) is 0 Å². The molecule has 2 heterocycles. The molecule has 2 nitrogen and oxygen atoms in total. The van der Waals surface area contributed by atoms with E-state index in [1.807, 2.05) is 11.8 Å². The van der Waals surface area contributed by atoms with Crippen LogP contribution in [0.3, 0.4) is 0 Å². The predicted octanol–water partition coefficient (Wildman–Crippen LogP) is 5.72. The van der Waals surface area contributed by atoms with Gasteiger partial charge in [0.05, 0.1) is 0 Å². The second-order valence-corrected chi connectivity index (χ2v) is 8.82. The number of hydrogen-bond donors (Lipinski definition) is 0. The second-order valence-electron chi connectivity index (χ2n) is 7.67. The number of benzene rings is 2. The molecule has 2 aliphatic heterocycles. The molecule has 2 saturated heterocycles. The van der Waals surface area contributed by atoms with Gasteiger partial charge in [-0.1, -0.05) is 74.5 Å². The fourth-order valence-corrected chi connectivity index (χ4v) is 5.55. The van der Waals surface area contributed by atoms with Gasteiger partial charge in [-0.25, -0.2) is 0 Å². The summed E-state index contributed by atoms with van der Waals surface area (Å²) in [4.78, 5) is 0. The Balaban J connectivity index is 1.76. The van der Waals surface area contributed by atoms with Crippen molar-refractivity contribution >= 4 is 11.8 Å². The maximum absolute atomic E-state index is 6.92. The van der Waals surface area contributed by atoms with E-state index in [4.69, 9.17) is 9.47 Å². The predicted molar refractivity (Wildman–Crippen MR) is 108 cm³/mol. The van der Waals surface area contributed by atoms with E-state index < -0.39 is 5.79 Å². The van der Waals surface area contributed by atoms with E-state index in [0.717, 1.165) is 24.2 Å². The quantitative estimate of drug-likeness (QED) is 0.607. The molecule has 2 aromatic rings. The van der Waals surface area contributed by atoms with Crippen molar-refractivity contribution < 1.29 is 9.47 Å². The molecule has 0 spiro atoms. The SMILES string of the molecule is CCCSCC1OC2(c3ccccc3)C[C@H](C)CC1(c1ccccc1)O2. The van der Waals surface area contributed by atoms with Gasteiger partial charge in [0.25, 0.3) is 0 Å². The molecule has 0 aliphatic carbocycles. The minimum absolute atomic E-state index is 0.0756. The van der Waals surface area contributed by atoms with Crippen LogP contribution < -0.4 is 0 Å². The average Bonchev–Trinajstić information content (AvgIpc) is 2.92. The van der Waals surface area contributed by atoms with Crippen molar-refractivity contribution in [2.24, 2.45) is 5.92 Å². The summed E-state index contributed by atoms with van der Waals surface area (Å²) in [6.07, 6.45) is 3.20.